The van der Waals surface area contributed by atoms with Gasteiger partial charge in [-0.1, -0.05) is 13.0 Å². The van der Waals surface area contributed by atoms with Crippen molar-refractivity contribution in [3.63, 3.8) is 0 Å². The van der Waals surface area contributed by atoms with Crippen molar-refractivity contribution in [3.05, 3.63) is 23.8 Å². The Bertz CT molecular complexity index is 705. The number of rotatable bonds is 11. The Kier molecular flexibility index (Phi) is 9.99. The maximum Gasteiger partial charge on any atom is 0.191 e. The van der Waals surface area contributed by atoms with Crippen molar-refractivity contribution in [1.82, 2.24) is 10.6 Å². The highest BCUT2D eigenvalue weighted by Gasteiger charge is 2.13. The first kappa shape index (κ1) is 23.1. The van der Waals surface area contributed by atoms with Crippen molar-refractivity contribution in [2.45, 2.75) is 40.7 Å². The van der Waals surface area contributed by atoms with Gasteiger partial charge in [0.15, 0.2) is 27.3 Å². The maximum absolute atomic E-state index is 11.6. The van der Waals surface area contributed by atoms with E-state index in [1.54, 1.807) is 6.92 Å². The molecule has 0 radical (unpaired) electrons. The van der Waals surface area contributed by atoms with E-state index in [0.29, 0.717) is 31.5 Å². The van der Waals surface area contributed by atoms with Gasteiger partial charge in [0.2, 0.25) is 0 Å². The van der Waals surface area contributed by atoms with E-state index >= 15 is 0 Å². The average Bonchev–Trinajstić information content (AvgIpc) is 2.63. The lowest BCUT2D eigenvalue weighted by Crippen LogP contribution is -2.39. The van der Waals surface area contributed by atoms with Crippen LogP contribution in [0.4, 0.5) is 0 Å². The van der Waals surface area contributed by atoms with Crippen molar-refractivity contribution >= 4 is 15.8 Å². The number of nitrogens with zero attached hydrogens (tertiary/aromatic N) is 1. The molecule has 0 saturated heterocycles. The summed E-state index contributed by atoms with van der Waals surface area (Å²) in [5, 5.41) is 6.45. The zero-order valence-corrected chi connectivity index (χ0v) is 17.9. The Hall–Kier alpha value is -1.96. The van der Waals surface area contributed by atoms with Crippen LogP contribution in [0, 0.1) is 0 Å². The molecule has 0 bridgehead atoms. The van der Waals surface area contributed by atoms with Gasteiger partial charge < -0.3 is 20.1 Å². The molecule has 0 spiro atoms. The standard InChI is InChI=1S/C19H33N3O4S/c1-6-20-19(21-12-13-27(23,24)9-4)22-15(5)16-10-11-17(25-7-2)18(14-16)26-8-3/h10-11,14-15H,6-9,12-13H2,1-5H3,(H2,20,21,22). The van der Waals surface area contributed by atoms with Crippen LogP contribution in [-0.4, -0.2) is 52.2 Å². The summed E-state index contributed by atoms with van der Waals surface area (Å²) in [5.41, 5.74) is 1.02. The van der Waals surface area contributed by atoms with Gasteiger partial charge in [-0.05, 0) is 45.4 Å². The molecule has 0 aromatic heterocycles. The number of guanidine groups is 1. The second-order valence-electron chi connectivity index (χ2n) is 5.94. The van der Waals surface area contributed by atoms with Crippen molar-refractivity contribution in [3.8, 4) is 11.5 Å². The van der Waals surface area contributed by atoms with E-state index < -0.39 is 9.84 Å². The lowest BCUT2D eigenvalue weighted by atomic mass is 10.1. The molecule has 0 aliphatic rings. The lowest BCUT2D eigenvalue weighted by Gasteiger charge is -2.20. The Morgan fingerprint density at radius 2 is 1.78 bits per heavy atom. The van der Waals surface area contributed by atoms with E-state index in [4.69, 9.17) is 9.47 Å². The van der Waals surface area contributed by atoms with Gasteiger partial charge in [0.25, 0.3) is 0 Å². The molecule has 0 amide bonds. The van der Waals surface area contributed by atoms with E-state index in [2.05, 4.69) is 15.6 Å². The van der Waals surface area contributed by atoms with Crippen LogP contribution in [-0.2, 0) is 9.84 Å². The first-order valence-corrected chi connectivity index (χ1v) is 11.3. The predicted molar refractivity (Wildman–Crippen MR) is 111 cm³/mol. The van der Waals surface area contributed by atoms with Crippen LogP contribution in [0.1, 0.15) is 46.2 Å². The minimum atomic E-state index is -3.03. The maximum atomic E-state index is 11.6. The Labute approximate surface area is 163 Å². The van der Waals surface area contributed by atoms with E-state index in [1.807, 2.05) is 45.9 Å². The van der Waals surface area contributed by atoms with Crippen LogP contribution in [0.2, 0.25) is 0 Å². The zero-order chi connectivity index (χ0) is 20.3. The van der Waals surface area contributed by atoms with Crippen LogP contribution < -0.4 is 20.1 Å². The fraction of sp³-hybridized carbons (Fsp3) is 0.632. The van der Waals surface area contributed by atoms with E-state index in [0.717, 1.165) is 11.3 Å². The highest BCUT2D eigenvalue weighted by Crippen LogP contribution is 2.30. The number of sulfone groups is 1. The van der Waals surface area contributed by atoms with Crippen LogP contribution in [0.25, 0.3) is 0 Å². The number of benzene rings is 1. The first-order valence-electron chi connectivity index (χ1n) is 9.51. The van der Waals surface area contributed by atoms with Gasteiger partial charge in [0.1, 0.15) is 0 Å². The molecular weight excluding hydrogens is 366 g/mol. The Morgan fingerprint density at radius 3 is 2.37 bits per heavy atom. The van der Waals surface area contributed by atoms with Gasteiger partial charge in [-0.25, -0.2) is 8.42 Å². The van der Waals surface area contributed by atoms with E-state index in [-0.39, 0.29) is 24.1 Å². The summed E-state index contributed by atoms with van der Waals surface area (Å²) in [6.45, 7) is 11.5. The highest BCUT2D eigenvalue weighted by molar-refractivity contribution is 7.91. The molecule has 0 aliphatic carbocycles. The smallest absolute Gasteiger partial charge is 0.191 e. The molecule has 0 fully saturated rings. The molecule has 0 heterocycles. The zero-order valence-electron chi connectivity index (χ0n) is 17.0. The number of ether oxygens (including phenoxy) is 2. The van der Waals surface area contributed by atoms with Gasteiger partial charge in [-0.2, -0.15) is 0 Å². The van der Waals surface area contributed by atoms with E-state index in [1.165, 1.54) is 0 Å². The van der Waals surface area contributed by atoms with Crippen LogP contribution in [0.5, 0.6) is 11.5 Å². The lowest BCUT2D eigenvalue weighted by molar-refractivity contribution is 0.287. The normalized spacial score (nSPS) is 13.1. The van der Waals surface area contributed by atoms with Crippen LogP contribution in [0.15, 0.2) is 23.2 Å². The molecule has 8 heteroatoms. The topological polar surface area (TPSA) is 89.0 Å². The summed E-state index contributed by atoms with van der Waals surface area (Å²) in [6, 6.07) is 5.80. The number of hydrogen-bond donors (Lipinski definition) is 2. The first-order chi connectivity index (χ1) is 12.9. The predicted octanol–water partition coefficient (Wildman–Crippen LogP) is 2.53. The molecule has 1 atom stereocenters. The fourth-order valence-electron chi connectivity index (χ4n) is 2.39. The van der Waals surface area contributed by atoms with Gasteiger partial charge in [0, 0.05) is 12.3 Å². The molecular formula is C19H33N3O4S. The summed E-state index contributed by atoms with van der Waals surface area (Å²) < 4.78 is 34.5. The highest BCUT2D eigenvalue weighted by atomic mass is 32.2. The second-order valence-corrected chi connectivity index (χ2v) is 8.41. The molecule has 27 heavy (non-hydrogen) atoms. The van der Waals surface area contributed by atoms with Gasteiger partial charge in [0.05, 0.1) is 31.6 Å². The van der Waals surface area contributed by atoms with E-state index in [9.17, 15) is 8.42 Å². The molecule has 1 aromatic rings. The molecule has 0 saturated carbocycles. The quantitative estimate of drug-likeness (QED) is 0.439. The molecule has 154 valence electrons. The number of aliphatic imine (C=N–C) groups is 1. The summed E-state index contributed by atoms with van der Waals surface area (Å²) in [6.07, 6.45) is 0. The largest absolute Gasteiger partial charge is 0.490 e. The second kappa shape index (κ2) is 11.7. The third kappa shape index (κ3) is 8.07. The Balaban J connectivity index is 2.88. The molecule has 1 unspecified atom stereocenters. The van der Waals surface area contributed by atoms with Crippen LogP contribution in [0.3, 0.4) is 0 Å². The molecule has 1 aromatic carbocycles. The monoisotopic (exact) mass is 399 g/mol. The third-order valence-electron chi connectivity index (χ3n) is 3.88. The molecule has 0 aliphatic heterocycles. The van der Waals surface area contributed by atoms with Crippen LogP contribution >= 0.6 is 0 Å². The summed E-state index contributed by atoms with van der Waals surface area (Å²) >= 11 is 0. The van der Waals surface area contributed by atoms with Gasteiger partial charge >= 0.3 is 0 Å². The molecule has 1 rings (SSSR count). The minimum Gasteiger partial charge on any atom is -0.490 e. The van der Waals surface area contributed by atoms with Crippen molar-refractivity contribution in [1.29, 1.82) is 0 Å². The molecule has 7 nitrogen and oxygen atoms in total. The Morgan fingerprint density at radius 1 is 1.11 bits per heavy atom. The van der Waals surface area contributed by atoms with Crippen molar-refractivity contribution in [2.24, 2.45) is 4.99 Å². The summed E-state index contributed by atoms with van der Waals surface area (Å²) in [7, 11) is -3.03. The SMILES string of the molecule is CCNC(=NCCS(=O)(=O)CC)NC(C)c1ccc(OCC)c(OCC)c1. The van der Waals surface area contributed by atoms with Crippen molar-refractivity contribution < 1.29 is 17.9 Å². The fourth-order valence-corrected chi connectivity index (χ4v) is 3.04. The number of nitrogens with one attached hydrogen (secondary N) is 2. The van der Waals surface area contributed by atoms with Crippen molar-refractivity contribution in [2.75, 3.05) is 37.8 Å². The third-order valence-corrected chi connectivity index (χ3v) is 5.56. The van der Waals surface area contributed by atoms with Gasteiger partial charge in [-0.3, -0.25) is 4.99 Å². The molecule has 2 N–H and O–H groups in total. The average molecular weight is 400 g/mol. The minimum absolute atomic E-state index is 0.0412. The number of hydrogen-bond acceptors (Lipinski definition) is 5. The summed E-state index contributed by atoms with van der Waals surface area (Å²) in [4.78, 5) is 4.38. The van der Waals surface area contributed by atoms with Gasteiger partial charge in [-0.15, -0.1) is 0 Å². The summed E-state index contributed by atoms with van der Waals surface area (Å²) in [5.74, 6) is 2.20.